The van der Waals surface area contributed by atoms with Crippen LogP contribution in [0.1, 0.15) is 296 Å². The summed E-state index contributed by atoms with van der Waals surface area (Å²) in [6.45, 7) is 4.67. The summed E-state index contributed by atoms with van der Waals surface area (Å²) in [4.78, 5) is 37.4. The molecule has 81 heavy (non-hydrogen) atoms. The predicted octanol–water partition coefficient (Wildman–Crippen LogP) is 19.4. The fourth-order valence-electron chi connectivity index (χ4n) is 9.52. The van der Waals surface area contributed by atoms with Crippen molar-refractivity contribution < 1.29 is 42.9 Å². The highest BCUT2D eigenvalue weighted by atomic mass is 16.7. The first-order chi connectivity index (χ1) is 39.6. The molecule has 0 aliphatic rings. The van der Waals surface area contributed by atoms with Crippen molar-refractivity contribution >= 4 is 17.9 Å². The number of carboxylic acid groups (broad SMARTS) is 1. The summed E-state index contributed by atoms with van der Waals surface area (Å²) in [5, 5.41) is 11.8. The van der Waals surface area contributed by atoms with Crippen LogP contribution >= 0.6 is 0 Å². The number of aliphatic carboxylic acids is 1. The van der Waals surface area contributed by atoms with Gasteiger partial charge in [0.05, 0.1) is 40.3 Å². The van der Waals surface area contributed by atoms with E-state index in [9.17, 15) is 19.5 Å². The van der Waals surface area contributed by atoms with Crippen LogP contribution in [0.3, 0.4) is 0 Å². The van der Waals surface area contributed by atoms with Gasteiger partial charge in [-0.2, -0.15) is 0 Å². The zero-order chi connectivity index (χ0) is 59.1. The van der Waals surface area contributed by atoms with Gasteiger partial charge in [0.25, 0.3) is 0 Å². The summed E-state index contributed by atoms with van der Waals surface area (Å²) < 4.78 is 22.8. The minimum absolute atomic E-state index is 0.148. The molecule has 0 spiro atoms. The van der Waals surface area contributed by atoms with Gasteiger partial charge < -0.3 is 33.3 Å². The number of likely N-dealkylation sites (N-methyl/N-ethyl adjacent to an activating group) is 1. The molecular formula is C72H127NO8. The number of carbonyl (C=O) groups is 3. The zero-order valence-corrected chi connectivity index (χ0v) is 53.4. The molecule has 0 heterocycles. The number of hydrogen-bond acceptors (Lipinski definition) is 8. The second kappa shape index (κ2) is 62.5. The molecule has 0 aromatic rings. The molecule has 0 aromatic heterocycles. The van der Waals surface area contributed by atoms with Crippen molar-refractivity contribution in [2.24, 2.45) is 0 Å². The number of hydrogen-bond donors (Lipinski definition) is 0. The summed E-state index contributed by atoms with van der Waals surface area (Å²) in [5.74, 6) is -2.27. The van der Waals surface area contributed by atoms with E-state index in [1.165, 1.54) is 186 Å². The molecule has 0 bridgehead atoms. The summed E-state index contributed by atoms with van der Waals surface area (Å²) in [7, 11) is 5.93. The van der Waals surface area contributed by atoms with Crippen LogP contribution in [-0.4, -0.2) is 82.3 Å². The van der Waals surface area contributed by atoms with Crippen LogP contribution in [0.5, 0.6) is 0 Å². The fourth-order valence-corrected chi connectivity index (χ4v) is 9.52. The number of quaternary nitrogens is 1. The van der Waals surface area contributed by atoms with Crippen molar-refractivity contribution in [1.29, 1.82) is 0 Å². The molecule has 468 valence electrons. The van der Waals surface area contributed by atoms with E-state index in [4.69, 9.17) is 18.9 Å². The standard InChI is InChI=1S/C72H127NO8/c1-6-8-10-12-14-16-18-20-22-24-25-26-27-28-29-30-31-32-33-34-35-36-37-38-39-40-41-42-43-44-45-47-49-51-53-55-57-59-61-63-70(75)81-68(67-80-72(71(76)77)78-65-64-73(3,4)5)66-79-69(74)62-60-58-56-54-52-50-48-46-23-21-19-17-15-13-11-9-7-2/h8,10,14,16,20,22,25-26,28-29,31-32,34-35,68,72H,6-7,9,11-13,15,17-19,21,23-24,27,30,33,36-67H2,1-5H3/b10-8-,16-14-,22-20-,26-25-,29-28-,32-31-,35-34-. The Morgan fingerprint density at radius 3 is 1.05 bits per heavy atom. The molecule has 0 aliphatic heterocycles. The van der Waals surface area contributed by atoms with Crippen LogP contribution in [0, 0.1) is 0 Å². The topological polar surface area (TPSA) is 111 Å². The molecule has 0 aromatic carbocycles. The summed E-state index contributed by atoms with van der Waals surface area (Å²) >= 11 is 0. The van der Waals surface area contributed by atoms with E-state index in [0.29, 0.717) is 23.9 Å². The molecule has 0 amide bonds. The summed E-state index contributed by atoms with van der Waals surface area (Å²) in [6, 6.07) is 0. The number of unbranched alkanes of at least 4 members (excludes halogenated alkanes) is 33. The Kier molecular flexibility index (Phi) is 59.8. The van der Waals surface area contributed by atoms with Crippen LogP contribution in [0.25, 0.3) is 0 Å². The highest BCUT2D eigenvalue weighted by molar-refractivity contribution is 5.70. The van der Waals surface area contributed by atoms with Crippen molar-refractivity contribution in [3.8, 4) is 0 Å². The number of ether oxygens (including phenoxy) is 4. The van der Waals surface area contributed by atoms with Crippen molar-refractivity contribution in [2.75, 3.05) is 47.5 Å². The fraction of sp³-hybridized carbons (Fsp3) is 0.764. The molecule has 2 unspecified atom stereocenters. The monoisotopic (exact) mass is 1130 g/mol. The van der Waals surface area contributed by atoms with Crippen LogP contribution in [-0.2, 0) is 33.3 Å². The number of carbonyl (C=O) groups excluding carboxylic acids is 3. The van der Waals surface area contributed by atoms with Crippen molar-refractivity contribution in [1.82, 2.24) is 0 Å². The Hall–Kier alpha value is -3.53. The van der Waals surface area contributed by atoms with Crippen LogP contribution in [0.4, 0.5) is 0 Å². The van der Waals surface area contributed by atoms with Gasteiger partial charge in [0.1, 0.15) is 13.2 Å². The highest BCUT2D eigenvalue weighted by Gasteiger charge is 2.22. The molecule has 0 saturated carbocycles. The Morgan fingerprint density at radius 2 is 0.704 bits per heavy atom. The summed E-state index contributed by atoms with van der Waals surface area (Å²) in [6.07, 6.45) is 80.9. The van der Waals surface area contributed by atoms with Gasteiger partial charge in [0.2, 0.25) is 0 Å². The van der Waals surface area contributed by atoms with Crippen molar-refractivity contribution in [2.45, 2.75) is 309 Å². The van der Waals surface area contributed by atoms with Crippen LogP contribution < -0.4 is 5.11 Å². The Balaban J connectivity index is 4.04. The van der Waals surface area contributed by atoms with Gasteiger partial charge in [0.15, 0.2) is 12.4 Å². The first kappa shape index (κ1) is 77.5. The van der Waals surface area contributed by atoms with Gasteiger partial charge in [-0.15, -0.1) is 0 Å². The SMILES string of the molecule is CC/C=C\C/C=C\C/C=C\C/C=C\C/C=C\C/C=C\C/C=C\CCCCCCCCCCCCCCCCCCCC(=O)OC(COC(=O)CCCCCCCCCCCCCCCCCCC)COC(OCC[N+](C)(C)C)C(=O)[O-]. The molecule has 9 nitrogen and oxygen atoms in total. The molecule has 9 heteroatoms. The van der Waals surface area contributed by atoms with Gasteiger partial charge >= 0.3 is 11.9 Å². The number of nitrogens with zero attached hydrogens (tertiary/aromatic N) is 1. The largest absolute Gasteiger partial charge is 0.545 e. The molecule has 0 fully saturated rings. The summed E-state index contributed by atoms with van der Waals surface area (Å²) in [5.41, 5.74) is 0. The van der Waals surface area contributed by atoms with Gasteiger partial charge in [0, 0.05) is 12.8 Å². The van der Waals surface area contributed by atoms with E-state index in [2.05, 4.69) is 98.9 Å². The molecule has 2 atom stereocenters. The maximum Gasteiger partial charge on any atom is 0.306 e. The first-order valence-corrected chi connectivity index (χ1v) is 33.7. The lowest BCUT2D eigenvalue weighted by Gasteiger charge is -2.26. The van der Waals surface area contributed by atoms with Gasteiger partial charge in [-0.3, -0.25) is 9.59 Å². The second-order valence-corrected chi connectivity index (χ2v) is 23.7. The van der Waals surface area contributed by atoms with E-state index in [1.807, 2.05) is 21.1 Å². The molecule has 0 N–H and O–H groups in total. The molecule has 0 saturated heterocycles. The third kappa shape index (κ3) is 63.9. The maximum absolute atomic E-state index is 12.9. The minimum atomic E-state index is -1.62. The van der Waals surface area contributed by atoms with Gasteiger partial charge in [-0.25, -0.2) is 0 Å². The highest BCUT2D eigenvalue weighted by Crippen LogP contribution is 2.18. The van der Waals surface area contributed by atoms with E-state index in [-0.39, 0.29) is 32.2 Å². The lowest BCUT2D eigenvalue weighted by atomic mass is 10.0. The molecule has 0 aliphatic carbocycles. The lowest BCUT2D eigenvalue weighted by molar-refractivity contribution is -0.870. The zero-order valence-electron chi connectivity index (χ0n) is 53.4. The lowest BCUT2D eigenvalue weighted by Crippen LogP contribution is -2.44. The third-order valence-electron chi connectivity index (χ3n) is 14.7. The van der Waals surface area contributed by atoms with E-state index in [1.54, 1.807) is 0 Å². The Labute approximate surface area is 500 Å². The Morgan fingerprint density at radius 1 is 0.383 bits per heavy atom. The van der Waals surface area contributed by atoms with E-state index in [0.717, 1.165) is 77.0 Å². The molecule has 0 rings (SSSR count). The van der Waals surface area contributed by atoms with E-state index < -0.39 is 24.3 Å². The number of esters is 2. The quantitative estimate of drug-likeness (QED) is 0.0195. The normalized spacial score (nSPS) is 13.2. The smallest absolute Gasteiger partial charge is 0.306 e. The third-order valence-corrected chi connectivity index (χ3v) is 14.7. The molecule has 0 radical (unpaired) electrons. The average molecular weight is 1130 g/mol. The number of allylic oxidation sites excluding steroid dienone is 14. The van der Waals surface area contributed by atoms with Crippen LogP contribution in [0.15, 0.2) is 85.1 Å². The maximum atomic E-state index is 12.9. The van der Waals surface area contributed by atoms with Crippen molar-refractivity contribution in [3.05, 3.63) is 85.1 Å². The number of carboxylic acids is 1. The first-order valence-electron chi connectivity index (χ1n) is 33.7. The second-order valence-electron chi connectivity index (χ2n) is 23.7. The average Bonchev–Trinajstić information content (AvgIpc) is 3.44. The van der Waals surface area contributed by atoms with Gasteiger partial charge in [-0.1, -0.05) is 298 Å². The van der Waals surface area contributed by atoms with Crippen molar-refractivity contribution in [3.63, 3.8) is 0 Å². The van der Waals surface area contributed by atoms with Gasteiger partial charge in [-0.05, 0) is 70.6 Å². The number of rotatable bonds is 62. The molecular weight excluding hydrogens is 1010 g/mol. The minimum Gasteiger partial charge on any atom is -0.545 e. The van der Waals surface area contributed by atoms with E-state index >= 15 is 0 Å². The predicted molar refractivity (Wildman–Crippen MR) is 343 cm³/mol. The Bertz CT molecular complexity index is 1600. The van der Waals surface area contributed by atoms with Crippen LogP contribution in [0.2, 0.25) is 0 Å².